The van der Waals surface area contributed by atoms with Crippen molar-refractivity contribution >= 4 is 15.5 Å². The second-order valence-corrected chi connectivity index (χ2v) is 7.41. The topological polar surface area (TPSA) is 58.6 Å². The molecule has 0 radical (unpaired) electrons. The first-order valence-corrected chi connectivity index (χ1v) is 9.18. The predicted molar refractivity (Wildman–Crippen MR) is 84.7 cm³/mol. The van der Waals surface area contributed by atoms with E-state index in [1.165, 1.54) is 6.26 Å². The molecule has 1 saturated heterocycles. The maximum atomic E-state index is 12.0. The Morgan fingerprint density at radius 2 is 2.14 bits per heavy atom. The van der Waals surface area contributed by atoms with Crippen molar-refractivity contribution in [3.8, 4) is 0 Å². The quantitative estimate of drug-likeness (QED) is 0.769. The number of para-hydroxylation sites is 1. The monoisotopic (exact) mass is 312 g/mol. The number of hydrogen-bond donors (Lipinski definition) is 1. The second-order valence-electron chi connectivity index (χ2n) is 5.43. The molecule has 21 heavy (non-hydrogen) atoms. The van der Waals surface area contributed by atoms with Crippen LogP contribution in [0.3, 0.4) is 0 Å². The van der Waals surface area contributed by atoms with E-state index in [9.17, 15) is 8.42 Å². The molecule has 0 bridgehead atoms. The Bertz CT molecular complexity index is 560. The van der Waals surface area contributed by atoms with E-state index < -0.39 is 9.84 Å². The second kappa shape index (κ2) is 7.24. The number of benzene rings is 1. The van der Waals surface area contributed by atoms with E-state index in [1.54, 1.807) is 19.2 Å². The summed E-state index contributed by atoms with van der Waals surface area (Å²) in [6.07, 6.45) is 3.44. The van der Waals surface area contributed by atoms with Crippen molar-refractivity contribution < 1.29 is 13.2 Å². The average Bonchev–Trinajstić information content (AvgIpc) is 2.91. The lowest BCUT2D eigenvalue weighted by molar-refractivity contribution is 0.199. The maximum Gasteiger partial charge on any atom is 0.177 e. The van der Waals surface area contributed by atoms with Crippen LogP contribution in [0.25, 0.3) is 0 Å². The van der Waals surface area contributed by atoms with Crippen LogP contribution in [0.5, 0.6) is 0 Å². The molecule has 1 N–H and O–H groups in total. The molecule has 1 aliphatic rings. The van der Waals surface area contributed by atoms with Crippen molar-refractivity contribution in [3.05, 3.63) is 24.3 Å². The molecule has 0 spiro atoms. The van der Waals surface area contributed by atoms with Crippen LogP contribution in [0, 0.1) is 0 Å². The first-order valence-electron chi connectivity index (χ1n) is 7.29. The SMILES string of the molecule is COCCNCC1CCCN1c1ccccc1S(C)(=O)=O. The zero-order chi connectivity index (χ0) is 15.3. The first-order chi connectivity index (χ1) is 10.0. The van der Waals surface area contributed by atoms with Crippen LogP contribution < -0.4 is 10.2 Å². The molecule has 0 aromatic heterocycles. The van der Waals surface area contributed by atoms with Crippen molar-refractivity contribution in [1.82, 2.24) is 5.32 Å². The zero-order valence-electron chi connectivity index (χ0n) is 12.7. The summed E-state index contributed by atoms with van der Waals surface area (Å²) in [6.45, 7) is 3.26. The van der Waals surface area contributed by atoms with Gasteiger partial charge >= 0.3 is 0 Å². The Balaban J connectivity index is 2.13. The smallest absolute Gasteiger partial charge is 0.177 e. The molecule has 1 aromatic rings. The summed E-state index contributed by atoms with van der Waals surface area (Å²) in [4.78, 5) is 2.64. The number of ether oxygens (including phenoxy) is 1. The summed E-state index contributed by atoms with van der Waals surface area (Å²) in [5.41, 5.74) is 0.830. The van der Waals surface area contributed by atoms with E-state index in [2.05, 4.69) is 10.2 Å². The van der Waals surface area contributed by atoms with Gasteiger partial charge in [-0.2, -0.15) is 0 Å². The lowest BCUT2D eigenvalue weighted by atomic mass is 10.2. The number of nitrogens with one attached hydrogen (secondary N) is 1. The highest BCUT2D eigenvalue weighted by Crippen LogP contribution is 2.31. The normalized spacial score (nSPS) is 19.1. The number of methoxy groups -OCH3 is 1. The zero-order valence-corrected chi connectivity index (χ0v) is 13.5. The third-order valence-corrected chi connectivity index (χ3v) is 4.96. The van der Waals surface area contributed by atoms with Gasteiger partial charge in [0.2, 0.25) is 0 Å². The van der Waals surface area contributed by atoms with Gasteiger partial charge in [0.15, 0.2) is 9.84 Å². The van der Waals surface area contributed by atoms with Gasteiger partial charge in [-0.3, -0.25) is 0 Å². The van der Waals surface area contributed by atoms with Gasteiger partial charge in [-0.1, -0.05) is 12.1 Å². The molecule has 0 saturated carbocycles. The summed E-state index contributed by atoms with van der Waals surface area (Å²) in [6, 6.07) is 7.62. The molecule has 1 aromatic carbocycles. The molecule has 0 amide bonds. The van der Waals surface area contributed by atoms with Crippen LogP contribution in [0.4, 0.5) is 5.69 Å². The maximum absolute atomic E-state index is 12.0. The van der Waals surface area contributed by atoms with Gasteiger partial charge < -0.3 is 15.0 Å². The van der Waals surface area contributed by atoms with Crippen LogP contribution in [0.15, 0.2) is 29.2 Å². The third-order valence-electron chi connectivity index (χ3n) is 3.81. The lowest BCUT2D eigenvalue weighted by Crippen LogP contribution is -2.39. The van der Waals surface area contributed by atoms with Crippen LogP contribution in [0.2, 0.25) is 0 Å². The molecule has 1 heterocycles. The van der Waals surface area contributed by atoms with E-state index in [0.29, 0.717) is 17.5 Å². The minimum Gasteiger partial charge on any atom is -0.383 e. The largest absolute Gasteiger partial charge is 0.383 e. The Labute approximate surface area is 127 Å². The molecular formula is C15H24N2O3S. The summed E-state index contributed by atoms with van der Waals surface area (Å²) >= 11 is 0. The molecule has 118 valence electrons. The van der Waals surface area contributed by atoms with Crippen LogP contribution in [-0.4, -0.2) is 54.1 Å². The fourth-order valence-electron chi connectivity index (χ4n) is 2.82. The Hall–Kier alpha value is -1.11. The minimum absolute atomic E-state index is 0.338. The number of nitrogens with zero attached hydrogens (tertiary/aromatic N) is 1. The van der Waals surface area contributed by atoms with Crippen molar-refractivity contribution in [2.45, 2.75) is 23.8 Å². The molecule has 5 nitrogen and oxygen atoms in total. The van der Waals surface area contributed by atoms with Crippen LogP contribution >= 0.6 is 0 Å². The molecule has 2 rings (SSSR count). The van der Waals surface area contributed by atoms with E-state index in [1.807, 2.05) is 12.1 Å². The molecule has 1 unspecified atom stereocenters. The fourth-order valence-corrected chi connectivity index (χ4v) is 3.71. The number of hydrogen-bond acceptors (Lipinski definition) is 5. The first kappa shape index (κ1) is 16.3. The van der Waals surface area contributed by atoms with E-state index in [4.69, 9.17) is 4.74 Å². The van der Waals surface area contributed by atoms with Crippen molar-refractivity contribution in [3.63, 3.8) is 0 Å². The Morgan fingerprint density at radius 1 is 1.38 bits per heavy atom. The standard InChI is InChI=1S/C15H24N2O3S/c1-20-11-9-16-12-13-6-5-10-17(13)14-7-3-4-8-15(14)21(2,18)19/h3-4,7-8,13,16H,5-6,9-12H2,1-2H3. The molecule has 0 aliphatic carbocycles. The van der Waals surface area contributed by atoms with Crippen LogP contribution in [0.1, 0.15) is 12.8 Å². The van der Waals surface area contributed by atoms with Crippen LogP contribution in [-0.2, 0) is 14.6 Å². The van der Waals surface area contributed by atoms with Gasteiger partial charge in [-0.25, -0.2) is 8.42 Å². The highest BCUT2D eigenvalue weighted by molar-refractivity contribution is 7.90. The number of sulfone groups is 1. The van der Waals surface area contributed by atoms with Gasteiger partial charge in [0.25, 0.3) is 0 Å². The van der Waals surface area contributed by atoms with E-state index >= 15 is 0 Å². The fraction of sp³-hybridized carbons (Fsp3) is 0.600. The number of rotatable bonds is 7. The summed E-state index contributed by atoms with van der Waals surface area (Å²) in [7, 11) is -1.52. The van der Waals surface area contributed by atoms with Gasteiger partial charge in [-0.05, 0) is 25.0 Å². The third kappa shape index (κ3) is 4.18. The van der Waals surface area contributed by atoms with Crippen molar-refractivity contribution in [2.24, 2.45) is 0 Å². The van der Waals surface area contributed by atoms with Crippen molar-refractivity contribution in [2.75, 3.05) is 44.5 Å². The summed E-state index contributed by atoms with van der Waals surface area (Å²) in [5.74, 6) is 0. The highest BCUT2D eigenvalue weighted by atomic mass is 32.2. The van der Waals surface area contributed by atoms with Gasteiger partial charge in [0.1, 0.15) is 0 Å². The average molecular weight is 312 g/mol. The Kier molecular flexibility index (Phi) is 5.61. The minimum atomic E-state index is -3.21. The van der Waals surface area contributed by atoms with Crippen molar-refractivity contribution in [1.29, 1.82) is 0 Å². The molecule has 1 fully saturated rings. The van der Waals surface area contributed by atoms with Gasteiger partial charge in [0, 0.05) is 39.0 Å². The molecule has 6 heteroatoms. The number of anilines is 1. The molecule has 1 atom stereocenters. The van der Waals surface area contributed by atoms with Gasteiger partial charge in [-0.15, -0.1) is 0 Å². The summed E-state index contributed by atoms with van der Waals surface area (Å²) in [5, 5.41) is 3.37. The Morgan fingerprint density at radius 3 is 2.86 bits per heavy atom. The van der Waals surface area contributed by atoms with E-state index in [-0.39, 0.29) is 0 Å². The van der Waals surface area contributed by atoms with E-state index in [0.717, 1.165) is 38.2 Å². The lowest BCUT2D eigenvalue weighted by Gasteiger charge is -2.28. The predicted octanol–water partition coefficient (Wildman–Crippen LogP) is 1.29. The summed E-state index contributed by atoms with van der Waals surface area (Å²) < 4.78 is 28.9. The molecular weight excluding hydrogens is 288 g/mol. The highest BCUT2D eigenvalue weighted by Gasteiger charge is 2.27. The van der Waals surface area contributed by atoms with Gasteiger partial charge in [0.05, 0.1) is 17.2 Å². The molecule has 1 aliphatic heterocycles.